The first-order valence-corrected chi connectivity index (χ1v) is 0. The van der Waals surface area contributed by atoms with Crippen molar-refractivity contribution in [2.75, 3.05) is 0 Å². The Morgan fingerprint density at radius 1 is 0.667 bits per heavy atom. The molecular weight excluding hydrogens is 194 g/mol. The van der Waals surface area contributed by atoms with Gasteiger partial charge >= 0.3 is 90.3 Å². The maximum absolute atomic E-state index is 0. The van der Waals surface area contributed by atoms with Gasteiger partial charge in [0.15, 0.2) is 0 Å². The normalized spacial score (nSPS) is 0. The molecule has 0 aromatic rings. The van der Waals surface area contributed by atoms with Crippen molar-refractivity contribution in [3.8, 4) is 0 Å². The Balaban J connectivity index is 0. The maximum atomic E-state index is 0. The Morgan fingerprint density at radius 2 is 0.667 bits per heavy atom. The van der Waals surface area contributed by atoms with Gasteiger partial charge < -0.3 is 37.2 Å². The third kappa shape index (κ3) is 24.7. The Bertz CT molecular complexity index is 10.8. The average molecular weight is 194 g/mol. The molecule has 0 aliphatic carbocycles. The Morgan fingerprint density at radius 3 is 0.667 bits per heavy atom. The quantitative estimate of drug-likeness (QED) is 0.336. The minimum absolute atomic E-state index is 0. The Labute approximate surface area is 125 Å². The molecule has 0 aliphatic rings. The van der Waals surface area contributed by atoms with Crippen LogP contribution in [0.2, 0.25) is 0 Å². The zero-order valence-electron chi connectivity index (χ0n) is 3.55. The molecule has 0 aromatic carbocycles. The summed E-state index contributed by atoms with van der Waals surface area (Å²) in [6.07, 6.45) is 0. The first kappa shape index (κ1) is 51.6. The van der Waals surface area contributed by atoms with Gasteiger partial charge in [-0.15, -0.1) is 0 Å². The van der Waals surface area contributed by atoms with Gasteiger partial charge in [-0.05, 0) is 0 Å². The molecule has 0 unspecified atom stereocenters. The summed E-state index contributed by atoms with van der Waals surface area (Å²) >= 11 is 0. The standard InChI is InChI=1S/Ca.3ClH.Mg.Na/h;3*1H;;/q+2;;;;+2;+1/p-3. The summed E-state index contributed by atoms with van der Waals surface area (Å²) in [6, 6.07) is 0. The van der Waals surface area contributed by atoms with Gasteiger partial charge in [0.2, 0.25) is 0 Å². The summed E-state index contributed by atoms with van der Waals surface area (Å²) in [4.78, 5) is 0. The zero-order chi connectivity index (χ0) is 0. The fourth-order valence-electron chi connectivity index (χ4n) is 0. The van der Waals surface area contributed by atoms with E-state index in [4.69, 9.17) is 0 Å². The van der Waals surface area contributed by atoms with Gasteiger partial charge in [-0.3, -0.25) is 0 Å². The Hall–Kier alpha value is 3.90. The van der Waals surface area contributed by atoms with Gasteiger partial charge in [0.05, 0.1) is 0 Å². The number of rotatable bonds is 0. The fourth-order valence-corrected chi connectivity index (χ4v) is 0. The van der Waals surface area contributed by atoms with Gasteiger partial charge in [-0.2, -0.15) is 0 Å². The van der Waals surface area contributed by atoms with Crippen molar-refractivity contribution in [3.63, 3.8) is 0 Å². The molecule has 0 bridgehead atoms. The van der Waals surface area contributed by atoms with Crippen molar-refractivity contribution in [1.82, 2.24) is 0 Å². The molecule has 0 radical (unpaired) electrons. The van der Waals surface area contributed by atoms with Gasteiger partial charge in [-0.25, -0.2) is 0 Å². The molecule has 0 heterocycles. The van der Waals surface area contributed by atoms with E-state index >= 15 is 0 Å². The average Bonchev–Trinajstić information content (AvgIpc) is 0. The van der Waals surface area contributed by atoms with Crippen molar-refractivity contribution in [2.24, 2.45) is 0 Å². The largest absolute Gasteiger partial charge is 2.00 e. The maximum Gasteiger partial charge on any atom is 2.00 e. The van der Waals surface area contributed by atoms with Gasteiger partial charge in [0.1, 0.15) is 0 Å². The van der Waals surface area contributed by atoms with Crippen LogP contribution in [0, 0.1) is 0 Å². The minimum atomic E-state index is 0. The molecular formula is CaCl3MgNa+2. The van der Waals surface area contributed by atoms with E-state index in [1.165, 1.54) is 0 Å². The van der Waals surface area contributed by atoms with Crippen LogP contribution in [0.5, 0.6) is 0 Å². The van der Waals surface area contributed by atoms with Crippen molar-refractivity contribution < 1.29 is 66.8 Å². The SMILES string of the molecule is [Ca+2].[Cl-].[Cl-].[Cl-].[Mg+2].[Na+]. The molecule has 0 aromatic heterocycles. The second-order valence-corrected chi connectivity index (χ2v) is 0. The van der Waals surface area contributed by atoms with E-state index in [9.17, 15) is 0 Å². The first-order valence-electron chi connectivity index (χ1n) is 0. The summed E-state index contributed by atoms with van der Waals surface area (Å²) in [5.74, 6) is 0. The molecule has 0 spiro atoms. The molecule has 0 saturated heterocycles. The topological polar surface area (TPSA) is 0 Å². The molecule has 6 heteroatoms. The first-order chi connectivity index (χ1) is 0. The fraction of sp³-hybridized carbons (Fsp3) is 0. The second-order valence-electron chi connectivity index (χ2n) is 0. The van der Waals surface area contributed by atoms with E-state index in [1.54, 1.807) is 0 Å². The Kier molecular flexibility index (Phi) is 314. The third-order valence-corrected chi connectivity index (χ3v) is 0. The van der Waals surface area contributed by atoms with Crippen LogP contribution in [0.15, 0.2) is 0 Å². The van der Waals surface area contributed by atoms with Crippen LogP contribution < -0.4 is 66.8 Å². The molecule has 0 aliphatic heterocycles. The summed E-state index contributed by atoms with van der Waals surface area (Å²) in [5, 5.41) is 0. The molecule has 0 fully saturated rings. The summed E-state index contributed by atoms with van der Waals surface area (Å²) in [7, 11) is 0. The minimum Gasteiger partial charge on any atom is -1.00 e. The van der Waals surface area contributed by atoms with E-state index in [0.717, 1.165) is 0 Å². The van der Waals surface area contributed by atoms with Crippen LogP contribution in [0.3, 0.4) is 0 Å². The van der Waals surface area contributed by atoms with Crippen LogP contribution in [0.25, 0.3) is 0 Å². The van der Waals surface area contributed by atoms with E-state index in [-0.39, 0.29) is 128 Å². The molecule has 0 nitrogen and oxygen atoms in total. The molecule has 0 atom stereocenters. The summed E-state index contributed by atoms with van der Waals surface area (Å²) in [6.45, 7) is 0. The molecule has 0 rings (SSSR count). The summed E-state index contributed by atoms with van der Waals surface area (Å²) in [5.41, 5.74) is 0. The monoisotopic (exact) mass is 192 g/mol. The third-order valence-electron chi connectivity index (χ3n) is 0. The molecule has 6 heavy (non-hydrogen) atoms. The van der Waals surface area contributed by atoms with Crippen LogP contribution in [-0.2, 0) is 0 Å². The van der Waals surface area contributed by atoms with E-state index in [2.05, 4.69) is 0 Å². The van der Waals surface area contributed by atoms with E-state index < -0.39 is 0 Å². The van der Waals surface area contributed by atoms with Crippen LogP contribution in [0.4, 0.5) is 0 Å². The number of hydrogen-bond acceptors (Lipinski definition) is 0. The van der Waals surface area contributed by atoms with Crippen LogP contribution in [0.1, 0.15) is 0 Å². The van der Waals surface area contributed by atoms with E-state index in [0.29, 0.717) is 0 Å². The van der Waals surface area contributed by atoms with Gasteiger partial charge in [0, 0.05) is 0 Å². The van der Waals surface area contributed by atoms with E-state index in [1.807, 2.05) is 0 Å². The molecule has 0 N–H and O–H groups in total. The smallest absolute Gasteiger partial charge is 1.00 e. The van der Waals surface area contributed by atoms with Crippen LogP contribution >= 0.6 is 0 Å². The van der Waals surface area contributed by atoms with Crippen molar-refractivity contribution in [3.05, 3.63) is 0 Å². The van der Waals surface area contributed by atoms with Gasteiger partial charge in [0.25, 0.3) is 0 Å². The second kappa shape index (κ2) is 36.5. The number of hydrogen-bond donors (Lipinski definition) is 0. The van der Waals surface area contributed by atoms with Crippen LogP contribution in [-0.4, -0.2) is 60.8 Å². The number of halogens is 3. The zero-order valence-corrected chi connectivity index (χ0v) is 11.4. The van der Waals surface area contributed by atoms with Crippen molar-refractivity contribution in [2.45, 2.75) is 0 Å². The summed E-state index contributed by atoms with van der Waals surface area (Å²) < 4.78 is 0. The van der Waals surface area contributed by atoms with Crippen molar-refractivity contribution >= 4 is 60.8 Å². The predicted octanol–water partition coefficient (Wildman–Crippen LogP) is -12.7. The predicted molar refractivity (Wildman–Crippen MR) is 11.5 cm³/mol. The van der Waals surface area contributed by atoms with Gasteiger partial charge in [-0.1, -0.05) is 0 Å². The molecule has 24 valence electrons. The van der Waals surface area contributed by atoms with Crippen molar-refractivity contribution in [1.29, 1.82) is 0 Å². The molecule has 0 saturated carbocycles. The molecule has 0 amide bonds.